The molecule has 17 heavy (non-hydrogen) atoms. The number of rotatable bonds is 5. The second-order valence-corrected chi connectivity index (χ2v) is 5.80. The molecular weight excluding hydrogens is 289 g/mol. The highest BCUT2D eigenvalue weighted by atomic mass is 35.5. The van der Waals surface area contributed by atoms with Gasteiger partial charge in [-0.3, -0.25) is 10.1 Å². The minimum absolute atomic E-state index is 0. The topological polar surface area (TPSA) is 70.8 Å². The lowest BCUT2D eigenvalue weighted by Gasteiger charge is -2.17. The Morgan fingerprint density at radius 1 is 1.24 bits per heavy atom. The smallest absolute Gasteiger partial charge is 0.380 e. The number of benzene rings is 1. The third kappa shape index (κ3) is 4.57. The van der Waals surface area contributed by atoms with E-state index in [4.69, 9.17) is 25.4 Å². The molecule has 0 fully saturated rings. The number of hydrogen-bond acceptors (Lipinski definition) is 6. The molecule has 0 aliphatic carbocycles. The summed E-state index contributed by atoms with van der Waals surface area (Å²) in [6.45, 7) is -2.78. The number of nitro benzene ring substituents is 1. The molecule has 0 aliphatic heterocycles. The first-order chi connectivity index (χ1) is 7.50. The second kappa shape index (κ2) is 6.88. The summed E-state index contributed by atoms with van der Waals surface area (Å²) in [4.78, 5) is 9.92. The van der Waals surface area contributed by atoms with Gasteiger partial charge in [-0.2, -0.15) is 0 Å². The van der Waals surface area contributed by atoms with Crippen molar-refractivity contribution in [3.63, 3.8) is 0 Å². The van der Waals surface area contributed by atoms with E-state index in [0.29, 0.717) is 5.75 Å². The highest BCUT2D eigenvalue weighted by Gasteiger charge is 2.18. The summed E-state index contributed by atoms with van der Waals surface area (Å²) in [5.41, 5.74) is -0.0181. The summed E-state index contributed by atoms with van der Waals surface area (Å²) < 4.78 is 15.1. The van der Waals surface area contributed by atoms with Gasteiger partial charge in [0.2, 0.25) is 0 Å². The third-order valence-electron chi connectivity index (χ3n) is 1.71. The number of nitro groups is 1. The first-order valence-electron chi connectivity index (χ1n) is 4.16. The van der Waals surface area contributed by atoms with Gasteiger partial charge < -0.3 is 13.6 Å². The van der Waals surface area contributed by atoms with Crippen molar-refractivity contribution in [2.75, 3.05) is 14.2 Å². The van der Waals surface area contributed by atoms with Crippen molar-refractivity contribution in [2.45, 2.75) is 0 Å². The summed E-state index contributed by atoms with van der Waals surface area (Å²) in [6, 6.07) is 5.52. The number of hydrogen-bond donors (Lipinski definition) is 0. The molecular formula is C8H11ClNO5PS. The average molecular weight is 300 g/mol. The summed E-state index contributed by atoms with van der Waals surface area (Å²) in [6.07, 6.45) is 0. The van der Waals surface area contributed by atoms with Gasteiger partial charge in [-0.25, -0.2) is 0 Å². The van der Waals surface area contributed by atoms with Crippen LogP contribution >= 0.6 is 19.1 Å². The maximum Gasteiger partial charge on any atom is 0.380 e. The van der Waals surface area contributed by atoms with Crippen molar-refractivity contribution in [1.82, 2.24) is 0 Å². The van der Waals surface area contributed by atoms with E-state index in [9.17, 15) is 10.1 Å². The van der Waals surface area contributed by atoms with Crippen molar-refractivity contribution in [1.29, 1.82) is 0 Å². The lowest BCUT2D eigenvalue weighted by Crippen LogP contribution is -1.97. The van der Waals surface area contributed by atoms with Gasteiger partial charge in [0.05, 0.1) is 4.92 Å². The van der Waals surface area contributed by atoms with Crippen LogP contribution in [0.1, 0.15) is 0 Å². The van der Waals surface area contributed by atoms with E-state index < -0.39 is 11.6 Å². The lowest BCUT2D eigenvalue weighted by molar-refractivity contribution is -0.384. The van der Waals surface area contributed by atoms with Crippen LogP contribution in [-0.4, -0.2) is 19.1 Å². The fraction of sp³-hybridized carbons (Fsp3) is 0.250. The normalized spacial score (nSPS) is 10.5. The quantitative estimate of drug-likeness (QED) is 0.473. The van der Waals surface area contributed by atoms with Crippen LogP contribution < -0.4 is 4.52 Å². The molecule has 0 heterocycles. The summed E-state index contributed by atoms with van der Waals surface area (Å²) in [7, 11) is 2.77. The Kier molecular flexibility index (Phi) is 6.59. The van der Waals surface area contributed by atoms with Crippen molar-refractivity contribution >= 4 is 36.6 Å². The van der Waals surface area contributed by atoms with Gasteiger partial charge in [0.25, 0.3) is 5.69 Å². The molecule has 0 N–H and O–H groups in total. The summed E-state index contributed by atoms with van der Waals surface area (Å²) in [5.74, 6) is 0.373. The number of nitrogens with zero attached hydrogens (tertiary/aromatic N) is 1. The number of halogens is 1. The van der Waals surface area contributed by atoms with Crippen LogP contribution in [0, 0.1) is 10.1 Å². The second-order valence-electron chi connectivity index (χ2n) is 2.65. The van der Waals surface area contributed by atoms with Gasteiger partial charge in [0.15, 0.2) is 0 Å². The average Bonchev–Trinajstić information content (AvgIpc) is 2.29. The lowest BCUT2D eigenvalue weighted by atomic mass is 10.3. The summed E-state index contributed by atoms with van der Waals surface area (Å²) in [5, 5.41) is 10.4. The molecule has 9 heteroatoms. The molecule has 1 aromatic carbocycles. The Hall–Kier alpha value is -0.720. The molecule has 0 aromatic heterocycles. The van der Waals surface area contributed by atoms with Gasteiger partial charge in [-0.05, 0) is 12.1 Å². The standard InChI is InChI=1S/C8H10NO5PS.ClH/c1-12-15(16,13-2)14-8-5-3-7(4-6-8)9(10)11;/h3-6H,1-2H3;1H. The Morgan fingerprint density at radius 3 is 2.06 bits per heavy atom. The van der Waals surface area contributed by atoms with E-state index in [-0.39, 0.29) is 18.1 Å². The van der Waals surface area contributed by atoms with Crippen LogP contribution in [0.5, 0.6) is 5.75 Å². The van der Waals surface area contributed by atoms with E-state index in [1.807, 2.05) is 0 Å². The first-order valence-corrected chi connectivity index (χ1v) is 6.72. The van der Waals surface area contributed by atoms with E-state index >= 15 is 0 Å². The van der Waals surface area contributed by atoms with Crippen LogP contribution in [-0.2, 0) is 20.9 Å². The van der Waals surface area contributed by atoms with Crippen LogP contribution in [0.15, 0.2) is 24.3 Å². The molecule has 0 bridgehead atoms. The van der Waals surface area contributed by atoms with Crippen molar-refractivity contribution < 1.29 is 18.5 Å². The molecule has 6 nitrogen and oxygen atoms in total. The van der Waals surface area contributed by atoms with Crippen molar-refractivity contribution in [2.24, 2.45) is 0 Å². The molecule has 0 amide bonds. The zero-order valence-corrected chi connectivity index (χ0v) is 11.6. The van der Waals surface area contributed by atoms with Crippen LogP contribution in [0.4, 0.5) is 5.69 Å². The molecule has 0 saturated carbocycles. The third-order valence-corrected chi connectivity index (χ3v) is 4.16. The van der Waals surface area contributed by atoms with Crippen LogP contribution in [0.2, 0.25) is 0 Å². The van der Waals surface area contributed by atoms with Gasteiger partial charge in [-0.1, -0.05) is 0 Å². The van der Waals surface area contributed by atoms with E-state index in [2.05, 4.69) is 0 Å². The van der Waals surface area contributed by atoms with Crippen molar-refractivity contribution in [3.8, 4) is 5.75 Å². The zero-order valence-electron chi connectivity index (χ0n) is 9.06. The maximum atomic E-state index is 10.4. The van der Waals surface area contributed by atoms with E-state index in [1.54, 1.807) is 0 Å². The Morgan fingerprint density at radius 2 is 1.71 bits per heavy atom. The Bertz CT molecular complexity index is 418. The Labute approximate surface area is 110 Å². The minimum Gasteiger partial charge on any atom is -0.424 e. The van der Waals surface area contributed by atoms with Crippen LogP contribution in [0.3, 0.4) is 0 Å². The highest BCUT2D eigenvalue weighted by molar-refractivity contribution is 8.07. The van der Waals surface area contributed by atoms with Crippen LogP contribution in [0.25, 0.3) is 0 Å². The van der Waals surface area contributed by atoms with E-state index in [0.717, 1.165) is 0 Å². The predicted octanol–water partition coefficient (Wildman–Crippen LogP) is 2.91. The van der Waals surface area contributed by atoms with Gasteiger partial charge in [0.1, 0.15) is 5.75 Å². The monoisotopic (exact) mass is 299 g/mol. The minimum atomic E-state index is -2.78. The molecule has 0 radical (unpaired) electrons. The number of non-ortho nitro benzene ring substituents is 1. The SMILES string of the molecule is COP(=S)(OC)Oc1ccc([N+](=O)[O-])cc1.Cl. The molecule has 0 saturated heterocycles. The zero-order chi connectivity index (χ0) is 12.2. The molecule has 0 atom stereocenters. The molecule has 0 aliphatic rings. The maximum absolute atomic E-state index is 10.4. The first kappa shape index (κ1) is 16.3. The largest absolute Gasteiger partial charge is 0.424 e. The predicted molar refractivity (Wildman–Crippen MR) is 69.3 cm³/mol. The van der Waals surface area contributed by atoms with Gasteiger partial charge in [-0.15, -0.1) is 12.4 Å². The molecule has 96 valence electrons. The highest BCUT2D eigenvalue weighted by Crippen LogP contribution is 2.48. The fourth-order valence-corrected chi connectivity index (χ4v) is 1.84. The van der Waals surface area contributed by atoms with Crippen molar-refractivity contribution in [3.05, 3.63) is 34.4 Å². The molecule has 0 spiro atoms. The molecule has 1 aromatic rings. The van der Waals surface area contributed by atoms with E-state index in [1.165, 1.54) is 38.5 Å². The van der Waals surface area contributed by atoms with Gasteiger partial charge >= 0.3 is 6.72 Å². The summed E-state index contributed by atoms with van der Waals surface area (Å²) >= 11 is 4.98. The Balaban J connectivity index is 0.00000256. The molecule has 0 unspecified atom stereocenters. The fourth-order valence-electron chi connectivity index (χ4n) is 0.907. The molecule has 1 rings (SSSR count). The van der Waals surface area contributed by atoms with Gasteiger partial charge in [0, 0.05) is 38.2 Å².